The Kier molecular flexibility index (Phi) is 11.0. The lowest BCUT2D eigenvalue weighted by Gasteiger charge is -2.16. The highest BCUT2D eigenvalue weighted by atomic mass is 19.4. The number of hydrogen-bond acceptors (Lipinski definition) is 6. The third-order valence-corrected chi connectivity index (χ3v) is 3.20. The molecular formula is C17H22F3N3O6. The van der Waals surface area contributed by atoms with Crippen LogP contribution in [-0.2, 0) is 30.5 Å². The highest BCUT2D eigenvalue weighted by Crippen LogP contribution is 2.13. The van der Waals surface area contributed by atoms with E-state index in [4.69, 9.17) is 26.1 Å². The van der Waals surface area contributed by atoms with E-state index in [1.54, 1.807) is 0 Å². The third-order valence-electron chi connectivity index (χ3n) is 3.20. The summed E-state index contributed by atoms with van der Waals surface area (Å²) in [6, 6.07) is 7.52. The molecule has 29 heavy (non-hydrogen) atoms. The molecule has 0 bridgehead atoms. The number of alkyl halides is 3. The molecule has 0 radical (unpaired) electrons. The molecule has 0 fully saturated rings. The van der Waals surface area contributed by atoms with Crippen LogP contribution in [0.15, 0.2) is 30.3 Å². The average Bonchev–Trinajstić information content (AvgIpc) is 2.63. The van der Waals surface area contributed by atoms with Gasteiger partial charge >= 0.3 is 18.1 Å². The van der Waals surface area contributed by atoms with Gasteiger partial charge in [-0.25, -0.2) is 4.79 Å². The van der Waals surface area contributed by atoms with Crippen molar-refractivity contribution in [1.82, 2.24) is 5.32 Å². The molecule has 0 saturated heterocycles. The normalized spacial score (nSPS) is 12.6. The molecule has 12 heteroatoms. The topological polar surface area (TPSA) is 162 Å². The molecular weight excluding hydrogens is 399 g/mol. The summed E-state index contributed by atoms with van der Waals surface area (Å²) in [4.78, 5) is 43.3. The number of carbonyl (C=O) groups excluding carboxylic acids is 3. The van der Waals surface area contributed by atoms with Gasteiger partial charge in [0.15, 0.2) is 0 Å². The molecule has 0 aliphatic rings. The van der Waals surface area contributed by atoms with Gasteiger partial charge in [-0.05, 0) is 18.9 Å². The van der Waals surface area contributed by atoms with Crippen LogP contribution in [0, 0.1) is 0 Å². The first-order valence-corrected chi connectivity index (χ1v) is 8.19. The lowest BCUT2D eigenvalue weighted by molar-refractivity contribution is -0.192. The molecule has 0 spiro atoms. The number of nitrogens with two attached hydrogens (primary N) is 2. The predicted octanol–water partition coefficient (Wildman–Crippen LogP) is 0.461. The first kappa shape index (κ1) is 25.9. The Morgan fingerprint density at radius 2 is 1.69 bits per heavy atom. The van der Waals surface area contributed by atoms with Gasteiger partial charge in [-0.1, -0.05) is 30.3 Å². The largest absolute Gasteiger partial charge is 0.490 e. The van der Waals surface area contributed by atoms with Crippen molar-refractivity contribution in [3.63, 3.8) is 0 Å². The fourth-order valence-electron chi connectivity index (χ4n) is 1.66. The van der Waals surface area contributed by atoms with Crippen LogP contribution in [0.3, 0.4) is 0 Å². The van der Waals surface area contributed by atoms with E-state index in [-0.39, 0.29) is 19.4 Å². The van der Waals surface area contributed by atoms with Crippen LogP contribution in [-0.4, -0.2) is 47.1 Å². The minimum atomic E-state index is -5.08. The van der Waals surface area contributed by atoms with Gasteiger partial charge in [-0.3, -0.25) is 14.4 Å². The van der Waals surface area contributed by atoms with Crippen molar-refractivity contribution in [3.8, 4) is 0 Å². The zero-order valence-electron chi connectivity index (χ0n) is 15.4. The van der Waals surface area contributed by atoms with E-state index < -0.39 is 42.0 Å². The zero-order chi connectivity index (χ0) is 22.6. The Labute approximate surface area is 164 Å². The van der Waals surface area contributed by atoms with Crippen molar-refractivity contribution in [2.75, 3.05) is 0 Å². The van der Waals surface area contributed by atoms with E-state index in [9.17, 15) is 27.6 Å². The van der Waals surface area contributed by atoms with Gasteiger partial charge in [0.2, 0.25) is 11.8 Å². The van der Waals surface area contributed by atoms with Crippen molar-refractivity contribution < 1.29 is 42.2 Å². The molecule has 1 aromatic carbocycles. The molecule has 0 aliphatic heterocycles. The van der Waals surface area contributed by atoms with Crippen molar-refractivity contribution in [2.24, 2.45) is 11.5 Å². The lowest BCUT2D eigenvalue weighted by Crippen LogP contribution is -2.49. The Hall–Kier alpha value is -3.15. The summed E-state index contributed by atoms with van der Waals surface area (Å²) in [6.07, 6.45) is -5.04. The molecule has 0 heterocycles. The summed E-state index contributed by atoms with van der Waals surface area (Å²) < 4.78 is 36.8. The van der Waals surface area contributed by atoms with Crippen molar-refractivity contribution >= 4 is 23.8 Å². The molecule has 0 aliphatic carbocycles. The number of ether oxygens (including phenoxy) is 1. The number of carbonyl (C=O) groups is 4. The summed E-state index contributed by atoms with van der Waals surface area (Å²) in [5.74, 6) is -4.44. The van der Waals surface area contributed by atoms with Gasteiger partial charge in [0, 0.05) is 6.42 Å². The summed E-state index contributed by atoms with van der Waals surface area (Å²) >= 11 is 0. The van der Waals surface area contributed by atoms with Gasteiger partial charge in [0.1, 0.15) is 12.6 Å². The average molecular weight is 421 g/mol. The summed E-state index contributed by atoms with van der Waals surface area (Å²) in [6.45, 7) is 1.65. The molecule has 1 aromatic rings. The highest BCUT2D eigenvalue weighted by molar-refractivity contribution is 5.89. The SMILES string of the molecule is C[C@H](N)C(=O)N[C@H](CCC(=O)OCc1ccccc1)C(N)=O.O=C(O)C(F)(F)F. The molecule has 0 unspecified atom stereocenters. The molecule has 0 aromatic heterocycles. The monoisotopic (exact) mass is 421 g/mol. The number of rotatable bonds is 8. The fourth-order valence-corrected chi connectivity index (χ4v) is 1.66. The first-order chi connectivity index (χ1) is 13.3. The lowest BCUT2D eigenvalue weighted by atomic mass is 10.1. The first-order valence-electron chi connectivity index (χ1n) is 8.19. The number of aliphatic carboxylic acids is 1. The number of hydrogen-bond donors (Lipinski definition) is 4. The number of halogens is 3. The van der Waals surface area contributed by atoms with E-state index in [1.165, 1.54) is 6.92 Å². The van der Waals surface area contributed by atoms with Gasteiger partial charge in [-0.15, -0.1) is 0 Å². The van der Waals surface area contributed by atoms with Crippen LogP contribution < -0.4 is 16.8 Å². The third kappa shape index (κ3) is 12.0. The van der Waals surface area contributed by atoms with Crippen LogP contribution in [0.4, 0.5) is 13.2 Å². The second kappa shape index (κ2) is 12.3. The standard InChI is InChI=1S/C15H21N3O4.C2HF3O2/c1-10(16)15(21)18-12(14(17)20)7-8-13(19)22-9-11-5-3-2-4-6-11;3-2(4,5)1(6)7/h2-6,10,12H,7-9,16H2,1H3,(H2,17,20)(H,18,21);(H,6,7)/t10-,12+;/m0./s1. The van der Waals surface area contributed by atoms with E-state index in [0.29, 0.717) is 0 Å². The number of benzene rings is 1. The number of carboxylic acid groups (broad SMARTS) is 1. The molecule has 6 N–H and O–H groups in total. The van der Waals surface area contributed by atoms with Crippen molar-refractivity contribution in [2.45, 2.75) is 44.6 Å². The highest BCUT2D eigenvalue weighted by Gasteiger charge is 2.38. The quantitative estimate of drug-likeness (QED) is 0.443. The van der Waals surface area contributed by atoms with Crippen molar-refractivity contribution in [1.29, 1.82) is 0 Å². The second-order valence-electron chi connectivity index (χ2n) is 5.74. The molecule has 162 valence electrons. The van der Waals surface area contributed by atoms with Crippen LogP contribution in [0.5, 0.6) is 0 Å². The maximum atomic E-state index is 11.7. The van der Waals surface area contributed by atoms with Gasteiger partial charge in [0.25, 0.3) is 0 Å². The van der Waals surface area contributed by atoms with E-state index >= 15 is 0 Å². The smallest absolute Gasteiger partial charge is 0.475 e. The number of esters is 1. The number of carboxylic acids is 1. The van der Waals surface area contributed by atoms with Crippen LogP contribution >= 0.6 is 0 Å². The van der Waals surface area contributed by atoms with Crippen LogP contribution in [0.1, 0.15) is 25.3 Å². The fraction of sp³-hybridized carbons (Fsp3) is 0.412. The minimum Gasteiger partial charge on any atom is -0.475 e. The second-order valence-corrected chi connectivity index (χ2v) is 5.74. The van der Waals surface area contributed by atoms with Crippen molar-refractivity contribution in [3.05, 3.63) is 35.9 Å². The summed E-state index contributed by atoms with van der Waals surface area (Å²) in [5, 5.41) is 9.52. The van der Waals surface area contributed by atoms with Gasteiger partial charge in [-0.2, -0.15) is 13.2 Å². The van der Waals surface area contributed by atoms with Crippen LogP contribution in [0.25, 0.3) is 0 Å². The Morgan fingerprint density at radius 3 is 2.10 bits per heavy atom. The van der Waals surface area contributed by atoms with E-state index in [2.05, 4.69) is 5.32 Å². The van der Waals surface area contributed by atoms with Gasteiger partial charge < -0.3 is 26.6 Å². The minimum absolute atomic E-state index is 0.0281. The van der Waals surface area contributed by atoms with E-state index in [1.807, 2.05) is 30.3 Å². The Bertz CT molecular complexity index is 695. The zero-order valence-corrected chi connectivity index (χ0v) is 15.4. The molecule has 0 saturated carbocycles. The number of amides is 2. The summed E-state index contributed by atoms with van der Waals surface area (Å²) in [7, 11) is 0. The Morgan fingerprint density at radius 1 is 1.17 bits per heavy atom. The molecule has 9 nitrogen and oxygen atoms in total. The number of nitrogens with one attached hydrogen (secondary N) is 1. The predicted molar refractivity (Wildman–Crippen MR) is 93.9 cm³/mol. The molecule has 1 rings (SSSR count). The molecule has 2 atom stereocenters. The summed E-state index contributed by atoms with van der Waals surface area (Å²) in [5.41, 5.74) is 11.5. The maximum Gasteiger partial charge on any atom is 0.490 e. The molecule has 2 amide bonds. The number of primary amides is 1. The van der Waals surface area contributed by atoms with E-state index in [0.717, 1.165) is 5.56 Å². The van der Waals surface area contributed by atoms with Crippen LogP contribution in [0.2, 0.25) is 0 Å². The maximum absolute atomic E-state index is 11.7. The van der Waals surface area contributed by atoms with Gasteiger partial charge in [0.05, 0.1) is 6.04 Å². The Balaban J connectivity index is 0.000000956.